The van der Waals surface area contributed by atoms with Gasteiger partial charge in [-0.15, -0.1) is 0 Å². The molecule has 228 valence electrons. The highest BCUT2D eigenvalue weighted by Crippen LogP contribution is 2.43. The van der Waals surface area contributed by atoms with Gasteiger partial charge in [0.25, 0.3) is 5.91 Å². The molecule has 2 unspecified atom stereocenters. The van der Waals surface area contributed by atoms with Crippen molar-refractivity contribution in [2.24, 2.45) is 0 Å². The molecule has 0 saturated heterocycles. The highest BCUT2D eigenvalue weighted by Gasteiger charge is 2.41. The normalized spacial score (nSPS) is 14.5. The largest absolute Gasteiger partial charge is 0.494 e. The number of benzene rings is 2. The molecule has 0 aliphatic heterocycles. The Bertz CT molecular complexity index is 1240. The van der Waals surface area contributed by atoms with Crippen LogP contribution in [0.15, 0.2) is 36.4 Å². The molecule has 0 fully saturated rings. The Hall–Kier alpha value is -1.96. The van der Waals surface area contributed by atoms with E-state index in [0.29, 0.717) is 23.9 Å². The summed E-state index contributed by atoms with van der Waals surface area (Å²) in [7, 11) is 0. The summed E-state index contributed by atoms with van der Waals surface area (Å²) in [6.45, 7) is 2.48. The number of hydrogen-bond acceptors (Lipinski definition) is 3. The van der Waals surface area contributed by atoms with Gasteiger partial charge in [0.15, 0.2) is 0 Å². The molecule has 0 spiro atoms. The fraction of sp³-hybridized carbons (Fsp3) is 0.400. The van der Waals surface area contributed by atoms with Crippen LogP contribution >= 0.6 is 46.6 Å². The van der Waals surface area contributed by atoms with Crippen LogP contribution in [0.1, 0.15) is 46.8 Å². The van der Waals surface area contributed by atoms with Crippen LogP contribution in [0.25, 0.3) is 5.76 Å². The monoisotopic (exact) mass is 675 g/mol. The molecular weight excluding hydrogens is 656 g/mol. The van der Waals surface area contributed by atoms with Crippen molar-refractivity contribution in [2.75, 3.05) is 18.1 Å². The van der Waals surface area contributed by atoms with Gasteiger partial charge in [0, 0.05) is 17.4 Å². The second-order valence-corrected chi connectivity index (χ2v) is 10.8. The third kappa shape index (κ3) is 10.4. The van der Waals surface area contributed by atoms with Gasteiger partial charge in [-0.1, -0.05) is 40.9 Å². The Balaban J connectivity index is 2.52. The standard InChI is InChI=1S/C25H21Cl3F9NO2S/c1-3-40-20(9-16(24(32,33)34)14-7-18(26)21(28)19(27)8-14)13-4-5-15(17(6-13)25(35,36)37)22(39)38-12(2)10-41-11-23(29,30)31/h4-9,12,16H,3,10-11H2,1-2H3,(H,38,39)/b20-9-. The molecule has 16 heteroatoms. The lowest BCUT2D eigenvalue weighted by Gasteiger charge is -2.21. The van der Waals surface area contributed by atoms with Gasteiger partial charge < -0.3 is 10.1 Å². The maximum Gasteiger partial charge on any atom is 0.417 e. The predicted molar refractivity (Wildman–Crippen MR) is 142 cm³/mol. The first-order valence-electron chi connectivity index (χ1n) is 11.5. The summed E-state index contributed by atoms with van der Waals surface area (Å²) < 4.78 is 126. The zero-order chi connectivity index (χ0) is 31.3. The van der Waals surface area contributed by atoms with Crippen LogP contribution in [0.4, 0.5) is 39.5 Å². The predicted octanol–water partition coefficient (Wildman–Crippen LogP) is 9.80. The van der Waals surface area contributed by atoms with Gasteiger partial charge in [-0.05, 0) is 49.8 Å². The van der Waals surface area contributed by atoms with Crippen molar-refractivity contribution in [3.63, 3.8) is 0 Å². The lowest BCUT2D eigenvalue weighted by atomic mass is 9.95. The average molecular weight is 677 g/mol. The topological polar surface area (TPSA) is 38.3 Å². The Kier molecular flexibility index (Phi) is 12.0. The highest BCUT2D eigenvalue weighted by molar-refractivity contribution is 7.99. The summed E-state index contributed by atoms with van der Waals surface area (Å²) in [5.41, 5.74) is -3.26. The van der Waals surface area contributed by atoms with Crippen molar-refractivity contribution in [2.45, 2.75) is 44.3 Å². The van der Waals surface area contributed by atoms with Gasteiger partial charge in [-0.2, -0.15) is 51.3 Å². The van der Waals surface area contributed by atoms with Gasteiger partial charge in [0.05, 0.1) is 38.6 Å². The van der Waals surface area contributed by atoms with E-state index in [1.807, 2.05) is 0 Å². The molecule has 0 aromatic heterocycles. The molecular formula is C25H21Cl3F9NO2S. The van der Waals surface area contributed by atoms with Crippen molar-refractivity contribution in [3.8, 4) is 0 Å². The summed E-state index contributed by atoms with van der Waals surface area (Å²) in [6, 6.07) is 3.06. The number of carbonyl (C=O) groups is 1. The molecule has 2 aromatic rings. The fourth-order valence-corrected chi connectivity index (χ4v) is 4.89. The van der Waals surface area contributed by atoms with Crippen molar-refractivity contribution in [1.82, 2.24) is 5.32 Å². The SMILES string of the molecule is CCO/C(=C\C(c1cc(Cl)c(Cl)c(Cl)c1)C(F)(F)F)c1ccc(C(=O)NC(C)CSCC(F)(F)F)c(C(F)(F)F)c1. The molecule has 1 N–H and O–H groups in total. The molecule has 0 radical (unpaired) electrons. The molecule has 2 atom stereocenters. The molecule has 0 aliphatic carbocycles. The van der Waals surface area contributed by atoms with Gasteiger partial charge in [0.2, 0.25) is 0 Å². The summed E-state index contributed by atoms with van der Waals surface area (Å²) >= 11 is 18.0. The van der Waals surface area contributed by atoms with Crippen LogP contribution in [0.3, 0.4) is 0 Å². The quantitative estimate of drug-likeness (QED) is 0.155. The van der Waals surface area contributed by atoms with Gasteiger partial charge in [0.1, 0.15) is 11.7 Å². The lowest BCUT2D eigenvalue weighted by molar-refractivity contribution is -0.140. The minimum absolute atomic E-state index is 0.191. The molecule has 0 saturated carbocycles. The molecule has 2 aromatic carbocycles. The zero-order valence-electron chi connectivity index (χ0n) is 21.0. The first-order valence-corrected chi connectivity index (χ1v) is 13.8. The Morgan fingerprint density at radius 2 is 1.59 bits per heavy atom. The maximum absolute atomic E-state index is 14.1. The van der Waals surface area contributed by atoms with E-state index in [1.165, 1.54) is 13.8 Å². The number of nitrogens with one attached hydrogen (secondary N) is 1. The summed E-state index contributed by atoms with van der Waals surface area (Å²) in [5, 5.41) is 1.45. The molecule has 2 rings (SSSR count). The van der Waals surface area contributed by atoms with Crippen LogP contribution in [0.2, 0.25) is 15.1 Å². The first kappa shape index (κ1) is 35.2. The van der Waals surface area contributed by atoms with Gasteiger partial charge in [-0.3, -0.25) is 4.79 Å². The van der Waals surface area contributed by atoms with E-state index in [2.05, 4.69) is 5.32 Å². The third-order valence-electron chi connectivity index (χ3n) is 5.20. The zero-order valence-corrected chi connectivity index (χ0v) is 24.1. The van der Waals surface area contributed by atoms with Gasteiger partial charge >= 0.3 is 18.5 Å². The number of carbonyl (C=O) groups excluding carboxylic acids is 1. The van der Waals surface area contributed by atoms with E-state index in [0.717, 1.165) is 24.3 Å². The second kappa shape index (κ2) is 14.0. The minimum Gasteiger partial charge on any atom is -0.494 e. The van der Waals surface area contributed by atoms with Crippen LogP contribution in [0.5, 0.6) is 0 Å². The number of halogens is 12. The molecule has 0 aliphatic rings. The van der Waals surface area contributed by atoms with E-state index in [9.17, 15) is 44.3 Å². The highest BCUT2D eigenvalue weighted by atomic mass is 35.5. The maximum atomic E-state index is 14.1. The Morgan fingerprint density at radius 1 is 1.00 bits per heavy atom. The van der Waals surface area contributed by atoms with Crippen LogP contribution in [0, 0.1) is 0 Å². The van der Waals surface area contributed by atoms with Crippen molar-refractivity contribution < 1.29 is 49.0 Å². The minimum atomic E-state index is -5.13. The van der Waals surface area contributed by atoms with Crippen LogP contribution < -0.4 is 5.32 Å². The number of hydrogen-bond donors (Lipinski definition) is 1. The van der Waals surface area contributed by atoms with Gasteiger partial charge in [-0.25, -0.2) is 0 Å². The van der Waals surface area contributed by atoms with E-state index in [4.69, 9.17) is 39.5 Å². The number of alkyl halides is 9. The molecule has 3 nitrogen and oxygen atoms in total. The smallest absolute Gasteiger partial charge is 0.417 e. The average Bonchev–Trinajstić information content (AvgIpc) is 2.82. The Labute approximate surface area is 248 Å². The van der Waals surface area contributed by atoms with Crippen molar-refractivity contribution in [1.29, 1.82) is 0 Å². The van der Waals surface area contributed by atoms with E-state index in [1.54, 1.807) is 0 Å². The summed E-state index contributed by atoms with van der Waals surface area (Å²) in [5.74, 6) is -5.69. The molecule has 0 bridgehead atoms. The van der Waals surface area contributed by atoms with E-state index in [-0.39, 0.29) is 27.4 Å². The number of allylic oxidation sites excluding steroid dienone is 1. The molecule has 1 amide bonds. The second-order valence-electron chi connectivity index (χ2n) is 8.54. The lowest BCUT2D eigenvalue weighted by Crippen LogP contribution is -2.35. The number of ether oxygens (including phenoxy) is 1. The van der Waals surface area contributed by atoms with Crippen molar-refractivity contribution >= 4 is 58.2 Å². The van der Waals surface area contributed by atoms with Crippen LogP contribution in [-0.2, 0) is 10.9 Å². The van der Waals surface area contributed by atoms with E-state index < -0.39 is 70.2 Å². The van der Waals surface area contributed by atoms with E-state index >= 15 is 0 Å². The third-order valence-corrected chi connectivity index (χ3v) is 7.66. The summed E-state index contributed by atoms with van der Waals surface area (Å²) in [4.78, 5) is 12.6. The number of amides is 1. The van der Waals surface area contributed by atoms with Crippen LogP contribution in [-0.4, -0.2) is 42.4 Å². The summed E-state index contributed by atoms with van der Waals surface area (Å²) in [6.07, 6.45) is -14.0. The fourth-order valence-electron chi connectivity index (χ4n) is 3.49. The Morgan fingerprint density at radius 3 is 2.07 bits per heavy atom. The molecule has 41 heavy (non-hydrogen) atoms. The number of rotatable bonds is 10. The first-order chi connectivity index (χ1) is 18.7. The molecule has 0 heterocycles. The van der Waals surface area contributed by atoms with Crippen molar-refractivity contribution in [3.05, 3.63) is 73.7 Å². The number of thioether (sulfide) groups is 1.